The molecule has 4 nitrogen and oxygen atoms in total. The second-order valence-corrected chi connectivity index (χ2v) is 4.15. The summed E-state index contributed by atoms with van der Waals surface area (Å²) in [6, 6.07) is 7.89. The van der Waals surface area contributed by atoms with Crippen LogP contribution in [0.15, 0.2) is 24.3 Å². The fourth-order valence-electron chi connectivity index (χ4n) is 1.61. The van der Waals surface area contributed by atoms with Crippen molar-refractivity contribution in [3.05, 3.63) is 24.3 Å². The Balaban J connectivity index is 2.18. The van der Waals surface area contributed by atoms with Crippen molar-refractivity contribution in [2.45, 2.75) is 0 Å². The molecule has 0 unspecified atom stereocenters. The second kappa shape index (κ2) is 4.67. The zero-order valence-corrected chi connectivity index (χ0v) is 10.3. The van der Waals surface area contributed by atoms with Crippen molar-refractivity contribution in [1.29, 1.82) is 0 Å². The fraction of sp³-hybridized carbons (Fsp3) is 0.364. The summed E-state index contributed by atoms with van der Waals surface area (Å²) in [5.74, 6) is 0.855. The van der Waals surface area contributed by atoms with Crippen LogP contribution in [0, 0.1) is 0 Å². The van der Waals surface area contributed by atoms with Gasteiger partial charge in [0.2, 0.25) is 0 Å². The molecule has 0 aromatic heterocycles. The van der Waals surface area contributed by atoms with Crippen LogP contribution in [0.3, 0.4) is 0 Å². The van der Waals surface area contributed by atoms with Crippen LogP contribution in [0.5, 0.6) is 5.75 Å². The number of hydrogen-bond acceptors (Lipinski definition) is 3. The first-order chi connectivity index (χ1) is 7.70. The highest BCUT2D eigenvalue weighted by atomic mass is 32.1. The number of methoxy groups -OCH3 is 1. The van der Waals surface area contributed by atoms with Gasteiger partial charge < -0.3 is 15.0 Å². The minimum Gasteiger partial charge on any atom is -0.497 e. The number of hydrogen-bond donors (Lipinski definition) is 1. The van der Waals surface area contributed by atoms with Gasteiger partial charge in [-0.2, -0.15) is 0 Å². The highest BCUT2D eigenvalue weighted by Gasteiger charge is 2.18. The molecule has 0 radical (unpaired) electrons. The molecule has 1 saturated heterocycles. The Labute approximate surface area is 101 Å². The predicted molar refractivity (Wildman–Crippen MR) is 68.7 cm³/mol. The quantitative estimate of drug-likeness (QED) is 0.781. The second-order valence-electron chi connectivity index (χ2n) is 3.76. The maximum Gasteiger partial charge on any atom is 0.175 e. The molecule has 0 atom stereocenters. The first-order valence-corrected chi connectivity index (χ1v) is 5.49. The average Bonchev–Trinajstić information content (AvgIpc) is 2.32. The van der Waals surface area contributed by atoms with Gasteiger partial charge in [-0.15, -0.1) is 0 Å². The average molecular weight is 237 g/mol. The molecule has 0 saturated carbocycles. The van der Waals surface area contributed by atoms with Crippen molar-refractivity contribution in [1.82, 2.24) is 10.2 Å². The summed E-state index contributed by atoms with van der Waals surface area (Å²) in [5.41, 5.74) is 1.07. The van der Waals surface area contributed by atoms with E-state index in [1.165, 1.54) is 0 Å². The van der Waals surface area contributed by atoms with E-state index in [1.54, 1.807) is 7.11 Å². The fourth-order valence-corrected chi connectivity index (χ4v) is 1.84. The van der Waals surface area contributed by atoms with Crippen molar-refractivity contribution in [2.75, 3.05) is 32.4 Å². The van der Waals surface area contributed by atoms with E-state index in [0.29, 0.717) is 0 Å². The Kier molecular flexibility index (Phi) is 3.26. The van der Waals surface area contributed by atoms with Gasteiger partial charge in [0.1, 0.15) is 5.75 Å². The van der Waals surface area contributed by atoms with Gasteiger partial charge in [0.15, 0.2) is 5.11 Å². The summed E-state index contributed by atoms with van der Waals surface area (Å²) in [5, 5.41) is 3.93. The maximum atomic E-state index is 5.28. The first kappa shape index (κ1) is 11.2. The Morgan fingerprint density at radius 3 is 2.62 bits per heavy atom. The lowest BCUT2D eigenvalue weighted by atomic mass is 10.3. The largest absolute Gasteiger partial charge is 0.497 e. The Bertz CT molecular complexity index is 379. The molecular formula is C11H15N3OS. The van der Waals surface area contributed by atoms with Crippen molar-refractivity contribution in [3.63, 3.8) is 0 Å². The minimum absolute atomic E-state index is 0.767. The van der Waals surface area contributed by atoms with E-state index in [4.69, 9.17) is 17.0 Å². The number of anilines is 1. The predicted octanol–water partition coefficient (Wildman–Crippen LogP) is 1.24. The van der Waals surface area contributed by atoms with E-state index >= 15 is 0 Å². The van der Waals surface area contributed by atoms with Gasteiger partial charge in [0.25, 0.3) is 0 Å². The highest BCUT2D eigenvalue weighted by molar-refractivity contribution is 7.80. The smallest absolute Gasteiger partial charge is 0.175 e. The lowest BCUT2D eigenvalue weighted by Crippen LogP contribution is -2.54. The molecule has 1 aromatic rings. The van der Waals surface area contributed by atoms with E-state index in [1.807, 2.05) is 31.3 Å². The van der Waals surface area contributed by atoms with E-state index in [9.17, 15) is 0 Å². The van der Waals surface area contributed by atoms with Crippen LogP contribution in [-0.2, 0) is 0 Å². The summed E-state index contributed by atoms with van der Waals surface area (Å²) in [4.78, 5) is 4.21. The number of ether oxygens (including phenoxy) is 1. The molecule has 1 aromatic carbocycles. The molecule has 0 bridgehead atoms. The van der Waals surface area contributed by atoms with Crippen molar-refractivity contribution in [3.8, 4) is 5.75 Å². The maximum absolute atomic E-state index is 5.28. The van der Waals surface area contributed by atoms with Gasteiger partial charge in [-0.05, 0) is 43.5 Å². The lowest BCUT2D eigenvalue weighted by molar-refractivity contribution is 0.318. The monoisotopic (exact) mass is 237 g/mol. The third-order valence-electron chi connectivity index (χ3n) is 2.51. The molecule has 86 valence electrons. The molecule has 1 heterocycles. The Hall–Kier alpha value is -1.33. The van der Waals surface area contributed by atoms with Crippen LogP contribution in [-0.4, -0.2) is 37.5 Å². The molecule has 1 N–H and O–H groups in total. The van der Waals surface area contributed by atoms with Crippen molar-refractivity contribution < 1.29 is 4.74 Å². The molecule has 0 aliphatic carbocycles. The van der Waals surface area contributed by atoms with E-state index in [-0.39, 0.29) is 0 Å². The molecule has 0 amide bonds. The first-order valence-electron chi connectivity index (χ1n) is 5.08. The number of nitrogens with one attached hydrogen (secondary N) is 1. The van der Waals surface area contributed by atoms with Crippen molar-refractivity contribution >= 4 is 23.0 Å². The molecule has 2 rings (SSSR count). The molecular weight excluding hydrogens is 222 g/mol. The molecule has 5 heteroatoms. The zero-order chi connectivity index (χ0) is 11.5. The van der Waals surface area contributed by atoms with E-state index < -0.39 is 0 Å². The summed E-state index contributed by atoms with van der Waals surface area (Å²) in [6.07, 6.45) is 0. The van der Waals surface area contributed by atoms with E-state index in [0.717, 1.165) is 29.9 Å². The number of nitrogens with zero attached hydrogens (tertiary/aromatic N) is 2. The Morgan fingerprint density at radius 1 is 1.31 bits per heavy atom. The molecule has 0 spiro atoms. The number of benzene rings is 1. The normalized spacial score (nSPS) is 17.1. The van der Waals surface area contributed by atoms with Gasteiger partial charge >= 0.3 is 0 Å². The van der Waals surface area contributed by atoms with Crippen LogP contribution >= 0.6 is 12.2 Å². The third-order valence-corrected chi connectivity index (χ3v) is 2.88. The van der Waals surface area contributed by atoms with Crippen LogP contribution in [0.1, 0.15) is 0 Å². The molecule has 16 heavy (non-hydrogen) atoms. The van der Waals surface area contributed by atoms with Gasteiger partial charge in [-0.25, -0.2) is 0 Å². The van der Waals surface area contributed by atoms with Gasteiger partial charge in [0.05, 0.1) is 20.4 Å². The SMILES string of the molecule is COc1ccc(N2CN(C)CNC2=S)cc1. The molecule has 1 aliphatic heterocycles. The van der Waals surface area contributed by atoms with Crippen LogP contribution in [0.25, 0.3) is 0 Å². The van der Waals surface area contributed by atoms with Crippen molar-refractivity contribution in [2.24, 2.45) is 0 Å². The summed E-state index contributed by atoms with van der Waals surface area (Å²) in [6.45, 7) is 1.60. The standard InChI is InChI=1S/C11H15N3OS/c1-13-7-12-11(16)14(8-13)9-3-5-10(15-2)6-4-9/h3-6H,7-8H2,1-2H3,(H,12,16). The Morgan fingerprint density at radius 2 is 2.00 bits per heavy atom. The molecule has 1 aliphatic rings. The lowest BCUT2D eigenvalue weighted by Gasteiger charge is -2.36. The van der Waals surface area contributed by atoms with Crippen LogP contribution in [0.4, 0.5) is 5.69 Å². The summed E-state index contributed by atoms with van der Waals surface area (Å²) < 4.78 is 5.13. The van der Waals surface area contributed by atoms with Gasteiger partial charge in [-0.1, -0.05) is 0 Å². The van der Waals surface area contributed by atoms with E-state index in [2.05, 4.69) is 15.1 Å². The summed E-state index contributed by atoms with van der Waals surface area (Å²) in [7, 11) is 3.71. The summed E-state index contributed by atoms with van der Waals surface area (Å²) >= 11 is 5.28. The number of thiocarbonyl (C=S) groups is 1. The highest BCUT2D eigenvalue weighted by Crippen LogP contribution is 2.20. The van der Waals surface area contributed by atoms with Crippen LogP contribution < -0.4 is 15.0 Å². The third kappa shape index (κ3) is 2.25. The van der Waals surface area contributed by atoms with Crippen LogP contribution in [0.2, 0.25) is 0 Å². The van der Waals surface area contributed by atoms with Gasteiger partial charge in [0, 0.05) is 5.69 Å². The zero-order valence-electron chi connectivity index (χ0n) is 9.43. The topological polar surface area (TPSA) is 27.7 Å². The number of rotatable bonds is 2. The van der Waals surface area contributed by atoms with Gasteiger partial charge in [-0.3, -0.25) is 4.90 Å². The molecule has 1 fully saturated rings. The minimum atomic E-state index is 0.767.